The molecule has 130 valence electrons. The van der Waals surface area contributed by atoms with E-state index in [1.165, 1.54) is 16.8 Å². The van der Waals surface area contributed by atoms with Gasteiger partial charge < -0.3 is 14.5 Å². The van der Waals surface area contributed by atoms with Crippen LogP contribution in [0.1, 0.15) is 24.5 Å². The second-order valence-electron chi connectivity index (χ2n) is 6.97. The fourth-order valence-corrected chi connectivity index (χ4v) is 4.13. The molecule has 0 radical (unpaired) electrons. The summed E-state index contributed by atoms with van der Waals surface area (Å²) in [6.07, 6.45) is 3.05. The summed E-state index contributed by atoms with van der Waals surface area (Å²) in [6, 6.07) is 14.6. The number of methoxy groups -OCH3 is 1. The van der Waals surface area contributed by atoms with E-state index in [0.29, 0.717) is 6.54 Å². The zero-order valence-electron chi connectivity index (χ0n) is 14.9. The molecule has 0 saturated heterocycles. The Labute approximate surface area is 149 Å². The van der Waals surface area contributed by atoms with Crippen LogP contribution in [0.15, 0.2) is 42.5 Å². The van der Waals surface area contributed by atoms with Crippen molar-refractivity contribution in [3.8, 4) is 5.75 Å². The summed E-state index contributed by atoms with van der Waals surface area (Å²) in [5.41, 5.74) is 4.79. The molecule has 2 heterocycles. The number of benzene rings is 2. The fraction of sp³-hybridized carbons (Fsp3) is 0.381. The topological polar surface area (TPSA) is 32.8 Å². The van der Waals surface area contributed by atoms with Gasteiger partial charge in [0.15, 0.2) is 0 Å². The number of fused-ring (bicyclic) bond motifs is 2. The summed E-state index contributed by atoms with van der Waals surface area (Å²) < 4.78 is 5.34. The van der Waals surface area contributed by atoms with Crippen molar-refractivity contribution in [2.24, 2.45) is 0 Å². The third kappa shape index (κ3) is 2.86. The highest BCUT2D eigenvalue weighted by Crippen LogP contribution is 2.34. The van der Waals surface area contributed by atoms with E-state index in [1.54, 1.807) is 7.11 Å². The first kappa shape index (κ1) is 16.0. The molecule has 0 aromatic heterocycles. The molecule has 2 aromatic rings. The Hall–Kier alpha value is -2.49. The van der Waals surface area contributed by atoms with Crippen LogP contribution in [0.4, 0.5) is 11.4 Å². The largest absolute Gasteiger partial charge is 0.497 e. The molecule has 25 heavy (non-hydrogen) atoms. The molecule has 0 spiro atoms. The highest BCUT2D eigenvalue weighted by Gasteiger charge is 2.32. The molecule has 0 bridgehead atoms. The van der Waals surface area contributed by atoms with Crippen LogP contribution >= 0.6 is 0 Å². The minimum atomic E-state index is 0.182. The number of anilines is 2. The van der Waals surface area contributed by atoms with Crippen molar-refractivity contribution in [3.63, 3.8) is 0 Å². The van der Waals surface area contributed by atoms with Gasteiger partial charge in [-0.1, -0.05) is 18.2 Å². The molecule has 4 nitrogen and oxygen atoms in total. The van der Waals surface area contributed by atoms with Gasteiger partial charge >= 0.3 is 0 Å². The predicted molar refractivity (Wildman–Crippen MR) is 101 cm³/mol. The van der Waals surface area contributed by atoms with Gasteiger partial charge in [-0.05, 0) is 61.6 Å². The number of ether oxygens (including phenoxy) is 1. The van der Waals surface area contributed by atoms with Gasteiger partial charge in [-0.2, -0.15) is 0 Å². The van der Waals surface area contributed by atoms with Gasteiger partial charge in [-0.3, -0.25) is 4.79 Å². The van der Waals surface area contributed by atoms with Crippen LogP contribution in [-0.2, 0) is 17.6 Å². The Morgan fingerprint density at radius 3 is 2.84 bits per heavy atom. The molecule has 4 heteroatoms. The monoisotopic (exact) mass is 336 g/mol. The first-order valence-corrected chi connectivity index (χ1v) is 8.99. The maximum Gasteiger partial charge on any atom is 0.246 e. The Kier molecular flexibility index (Phi) is 4.12. The summed E-state index contributed by atoms with van der Waals surface area (Å²) in [7, 11) is 1.69. The number of hydrogen-bond acceptors (Lipinski definition) is 3. The fourth-order valence-electron chi connectivity index (χ4n) is 4.13. The average molecular weight is 336 g/mol. The third-order valence-electron chi connectivity index (χ3n) is 5.30. The molecule has 0 saturated carbocycles. The van der Waals surface area contributed by atoms with E-state index in [1.807, 2.05) is 23.1 Å². The maximum atomic E-state index is 13.1. The van der Waals surface area contributed by atoms with Crippen LogP contribution in [-0.4, -0.2) is 32.1 Å². The van der Waals surface area contributed by atoms with Crippen LogP contribution in [0.25, 0.3) is 0 Å². The van der Waals surface area contributed by atoms with Crippen molar-refractivity contribution in [2.75, 3.05) is 30.0 Å². The Morgan fingerprint density at radius 1 is 1.16 bits per heavy atom. The zero-order chi connectivity index (χ0) is 17.4. The molecular weight excluding hydrogens is 312 g/mol. The van der Waals surface area contributed by atoms with E-state index >= 15 is 0 Å². The first-order chi connectivity index (χ1) is 12.2. The Balaban J connectivity index is 1.57. The van der Waals surface area contributed by atoms with Gasteiger partial charge in [0.25, 0.3) is 0 Å². The molecule has 2 aromatic carbocycles. The molecule has 1 unspecified atom stereocenters. The van der Waals surface area contributed by atoms with Crippen molar-refractivity contribution >= 4 is 17.3 Å². The van der Waals surface area contributed by atoms with Gasteiger partial charge in [-0.25, -0.2) is 0 Å². The van der Waals surface area contributed by atoms with Gasteiger partial charge in [0.1, 0.15) is 5.75 Å². The maximum absolute atomic E-state index is 13.1. The van der Waals surface area contributed by atoms with Crippen LogP contribution < -0.4 is 14.5 Å². The van der Waals surface area contributed by atoms with Crippen molar-refractivity contribution in [3.05, 3.63) is 53.6 Å². The standard InChI is InChI=1S/C21H24N2O2/c1-15-12-16-6-3-4-8-20(16)23(15)21(24)14-22-11-5-7-17-13-18(25-2)9-10-19(17)22/h3-4,6,8-10,13,15H,5,7,11-12,14H2,1-2H3. The Morgan fingerprint density at radius 2 is 2.00 bits per heavy atom. The molecule has 0 aliphatic carbocycles. The minimum absolute atomic E-state index is 0.182. The van der Waals surface area contributed by atoms with Crippen LogP contribution in [0, 0.1) is 0 Å². The number of carbonyl (C=O) groups excluding carboxylic acids is 1. The molecule has 2 aliphatic rings. The lowest BCUT2D eigenvalue weighted by Gasteiger charge is -2.33. The number of para-hydroxylation sites is 1. The van der Waals surface area contributed by atoms with Gasteiger partial charge in [0.05, 0.1) is 13.7 Å². The first-order valence-electron chi connectivity index (χ1n) is 8.99. The average Bonchev–Trinajstić information content (AvgIpc) is 2.97. The summed E-state index contributed by atoms with van der Waals surface area (Å²) in [4.78, 5) is 17.3. The number of nitrogens with zero attached hydrogens (tertiary/aromatic N) is 2. The lowest BCUT2D eigenvalue weighted by molar-refractivity contribution is -0.117. The molecule has 0 N–H and O–H groups in total. The highest BCUT2D eigenvalue weighted by molar-refractivity contribution is 5.99. The van der Waals surface area contributed by atoms with Crippen molar-refractivity contribution < 1.29 is 9.53 Å². The quantitative estimate of drug-likeness (QED) is 0.861. The summed E-state index contributed by atoms with van der Waals surface area (Å²) >= 11 is 0. The molecule has 4 rings (SSSR count). The van der Waals surface area contributed by atoms with Crippen molar-refractivity contribution in [2.45, 2.75) is 32.2 Å². The number of rotatable bonds is 3. The SMILES string of the molecule is COc1ccc2c(c1)CCCN2CC(=O)N1c2ccccc2CC1C. The Bertz CT molecular complexity index is 802. The summed E-state index contributed by atoms with van der Waals surface area (Å²) in [5, 5.41) is 0. The van der Waals surface area contributed by atoms with Crippen LogP contribution in [0.3, 0.4) is 0 Å². The van der Waals surface area contributed by atoms with Gasteiger partial charge in [0, 0.05) is 24.0 Å². The molecule has 2 aliphatic heterocycles. The molecule has 1 amide bonds. The van der Waals surface area contributed by atoms with E-state index in [4.69, 9.17) is 4.74 Å². The number of carbonyl (C=O) groups is 1. The summed E-state index contributed by atoms with van der Waals surface area (Å²) in [5.74, 6) is 1.06. The predicted octanol–water partition coefficient (Wildman–Crippen LogP) is 3.43. The highest BCUT2D eigenvalue weighted by atomic mass is 16.5. The molecular formula is C21H24N2O2. The molecule has 1 atom stereocenters. The van der Waals surface area contributed by atoms with Crippen LogP contribution in [0.2, 0.25) is 0 Å². The van der Waals surface area contributed by atoms with E-state index in [-0.39, 0.29) is 11.9 Å². The van der Waals surface area contributed by atoms with Crippen LogP contribution in [0.5, 0.6) is 5.75 Å². The van der Waals surface area contributed by atoms with Crippen molar-refractivity contribution in [1.29, 1.82) is 0 Å². The van der Waals surface area contributed by atoms with Crippen molar-refractivity contribution in [1.82, 2.24) is 0 Å². The van der Waals surface area contributed by atoms with E-state index in [0.717, 1.165) is 37.2 Å². The van der Waals surface area contributed by atoms with Gasteiger partial charge in [-0.15, -0.1) is 0 Å². The second-order valence-corrected chi connectivity index (χ2v) is 6.97. The number of hydrogen-bond donors (Lipinski definition) is 0. The smallest absolute Gasteiger partial charge is 0.246 e. The number of amides is 1. The summed E-state index contributed by atoms with van der Waals surface area (Å²) in [6.45, 7) is 3.49. The zero-order valence-corrected chi connectivity index (χ0v) is 14.9. The lowest BCUT2D eigenvalue weighted by Crippen LogP contribution is -2.44. The van der Waals surface area contributed by atoms with E-state index in [9.17, 15) is 4.79 Å². The van der Waals surface area contributed by atoms with Gasteiger partial charge in [0.2, 0.25) is 5.91 Å². The lowest BCUT2D eigenvalue weighted by atomic mass is 10.0. The normalized spacial score (nSPS) is 18.7. The van der Waals surface area contributed by atoms with E-state index in [2.05, 4.69) is 36.1 Å². The number of aryl methyl sites for hydroxylation is 1. The third-order valence-corrected chi connectivity index (χ3v) is 5.30. The second kappa shape index (κ2) is 6.43. The minimum Gasteiger partial charge on any atom is -0.497 e. The van der Waals surface area contributed by atoms with E-state index < -0.39 is 0 Å². The molecule has 0 fully saturated rings.